The molecule has 1 saturated heterocycles. The number of hydrogen-bond acceptors (Lipinski definition) is 2. The highest BCUT2D eigenvalue weighted by Gasteiger charge is 2.46. The predicted octanol–water partition coefficient (Wildman–Crippen LogP) is 4.05. The molecule has 2 heterocycles. The standard InChI is InChI=1S/C22H23N3O/c1-22-12-11-20(26)25(2)19(22)10-8-14-13-15(7-9-17(14)22)21-16-5-3-4-6-18(16)23-24-21/h3-7,9,13,19H,8,10-12H2,1-2H3,(H,23,24)/t19?,22-/m1/s1. The molecule has 132 valence electrons. The highest BCUT2D eigenvalue weighted by Crippen LogP contribution is 2.46. The third kappa shape index (κ3) is 2.08. The summed E-state index contributed by atoms with van der Waals surface area (Å²) in [5.74, 6) is 0.288. The van der Waals surface area contributed by atoms with E-state index in [1.165, 1.54) is 16.7 Å². The number of likely N-dealkylation sites (tertiary alicyclic amines) is 1. The maximum atomic E-state index is 12.2. The Labute approximate surface area is 153 Å². The number of amides is 1. The average Bonchev–Trinajstić information content (AvgIpc) is 3.09. The van der Waals surface area contributed by atoms with Gasteiger partial charge in [0.1, 0.15) is 0 Å². The van der Waals surface area contributed by atoms with E-state index in [-0.39, 0.29) is 11.3 Å². The van der Waals surface area contributed by atoms with Gasteiger partial charge in [-0.05, 0) is 42.5 Å². The molecule has 1 unspecified atom stereocenters. The SMILES string of the molecule is CN1C(=O)CC[C@]2(C)c3ccc(-c4n[nH]c5ccccc45)cc3CCC12. The van der Waals surface area contributed by atoms with Gasteiger partial charge in [-0.3, -0.25) is 9.89 Å². The molecule has 2 aromatic carbocycles. The third-order valence-corrected chi connectivity index (χ3v) is 6.61. The van der Waals surface area contributed by atoms with Crippen molar-refractivity contribution in [3.05, 3.63) is 53.6 Å². The number of carbonyl (C=O) groups excluding carboxylic acids is 1. The van der Waals surface area contributed by atoms with Crippen molar-refractivity contribution >= 4 is 16.8 Å². The van der Waals surface area contributed by atoms with Gasteiger partial charge in [-0.1, -0.05) is 37.3 Å². The quantitative estimate of drug-likeness (QED) is 0.723. The van der Waals surface area contributed by atoms with Gasteiger partial charge in [-0.15, -0.1) is 0 Å². The van der Waals surface area contributed by atoms with Crippen LogP contribution in [0.15, 0.2) is 42.5 Å². The number of rotatable bonds is 1. The second-order valence-electron chi connectivity index (χ2n) is 7.97. The Kier molecular flexibility index (Phi) is 3.27. The van der Waals surface area contributed by atoms with Crippen molar-refractivity contribution < 1.29 is 4.79 Å². The second kappa shape index (κ2) is 5.44. The monoisotopic (exact) mass is 345 g/mol. The lowest BCUT2D eigenvalue weighted by Gasteiger charge is -2.50. The number of aromatic amines is 1. The lowest BCUT2D eigenvalue weighted by molar-refractivity contribution is -0.138. The van der Waals surface area contributed by atoms with E-state index in [1.54, 1.807) is 0 Å². The molecule has 2 atom stereocenters. The van der Waals surface area contributed by atoms with Crippen molar-refractivity contribution in [2.45, 2.75) is 44.1 Å². The van der Waals surface area contributed by atoms with E-state index in [0.717, 1.165) is 35.9 Å². The van der Waals surface area contributed by atoms with Gasteiger partial charge >= 0.3 is 0 Å². The van der Waals surface area contributed by atoms with Crippen molar-refractivity contribution in [1.29, 1.82) is 0 Å². The van der Waals surface area contributed by atoms with E-state index >= 15 is 0 Å². The fourth-order valence-electron chi connectivity index (χ4n) is 5.12. The normalized spacial score (nSPS) is 25.2. The van der Waals surface area contributed by atoms with Crippen LogP contribution >= 0.6 is 0 Å². The lowest BCUT2D eigenvalue weighted by atomic mass is 9.63. The number of benzene rings is 2. The van der Waals surface area contributed by atoms with E-state index in [9.17, 15) is 4.79 Å². The fourth-order valence-corrected chi connectivity index (χ4v) is 5.12. The highest BCUT2D eigenvalue weighted by molar-refractivity contribution is 5.93. The lowest BCUT2D eigenvalue weighted by Crippen LogP contribution is -2.56. The third-order valence-electron chi connectivity index (χ3n) is 6.61. The van der Waals surface area contributed by atoms with E-state index in [2.05, 4.69) is 53.5 Å². The van der Waals surface area contributed by atoms with Gasteiger partial charge in [-0.25, -0.2) is 0 Å². The van der Waals surface area contributed by atoms with Crippen molar-refractivity contribution in [2.75, 3.05) is 7.05 Å². The van der Waals surface area contributed by atoms with Crippen LogP contribution < -0.4 is 0 Å². The summed E-state index contributed by atoms with van der Waals surface area (Å²) in [5, 5.41) is 8.86. The van der Waals surface area contributed by atoms with Gasteiger partial charge in [0.15, 0.2) is 0 Å². The largest absolute Gasteiger partial charge is 0.342 e. The Bertz CT molecular complexity index is 1020. The van der Waals surface area contributed by atoms with Gasteiger partial charge in [-0.2, -0.15) is 5.10 Å². The topological polar surface area (TPSA) is 49.0 Å². The van der Waals surface area contributed by atoms with Crippen LogP contribution in [0.4, 0.5) is 0 Å². The first-order valence-electron chi connectivity index (χ1n) is 9.40. The van der Waals surface area contributed by atoms with Crippen LogP contribution in [0.3, 0.4) is 0 Å². The highest BCUT2D eigenvalue weighted by atomic mass is 16.2. The van der Waals surface area contributed by atoms with Gasteiger partial charge < -0.3 is 4.90 Å². The average molecular weight is 345 g/mol. The first kappa shape index (κ1) is 15.6. The van der Waals surface area contributed by atoms with Gasteiger partial charge in [0.05, 0.1) is 11.2 Å². The summed E-state index contributed by atoms with van der Waals surface area (Å²) >= 11 is 0. The zero-order valence-corrected chi connectivity index (χ0v) is 15.2. The van der Waals surface area contributed by atoms with Crippen LogP contribution in [0.25, 0.3) is 22.2 Å². The molecule has 1 fully saturated rings. The summed E-state index contributed by atoms with van der Waals surface area (Å²) < 4.78 is 0. The van der Waals surface area contributed by atoms with Gasteiger partial charge in [0.25, 0.3) is 0 Å². The number of nitrogens with zero attached hydrogens (tertiary/aromatic N) is 2. The van der Waals surface area contributed by atoms with Crippen LogP contribution in [0.2, 0.25) is 0 Å². The fraction of sp³-hybridized carbons (Fsp3) is 0.364. The molecule has 5 rings (SSSR count). The molecule has 1 N–H and O–H groups in total. The molecule has 0 saturated carbocycles. The number of likely N-dealkylation sites (N-methyl/N-ethyl adjacent to an activating group) is 1. The molecule has 0 bridgehead atoms. The maximum Gasteiger partial charge on any atom is 0.222 e. The van der Waals surface area contributed by atoms with E-state index in [4.69, 9.17) is 0 Å². The number of aromatic nitrogens is 2. The molecule has 0 radical (unpaired) electrons. The first-order chi connectivity index (χ1) is 12.6. The van der Waals surface area contributed by atoms with E-state index in [1.807, 2.05) is 18.0 Å². The van der Waals surface area contributed by atoms with Crippen LogP contribution in [0.5, 0.6) is 0 Å². The smallest absolute Gasteiger partial charge is 0.222 e. The minimum atomic E-state index is 0.0580. The Morgan fingerprint density at radius 2 is 2.04 bits per heavy atom. The molecule has 1 aromatic heterocycles. The van der Waals surface area contributed by atoms with Gasteiger partial charge in [0.2, 0.25) is 5.91 Å². The maximum absolute atomic E-state index is 12.2. The summed E-state index contributed by atoms with van der Waals surface area (Å²) in [4.78, 5) is 14.1. The number of fused-ring (bicyclic) bond motifs is 4. The van der Waals surface area contributed by atoms with Crippen LogP contribution in [0.1, 0.15) is 37.3 Å². The number of piperidine rings is 1. The Hall–Kier alpha value is -2.62. The molecule has 1 aliphatic carbocycles. The van der Waals surface area contributed by atoms with E-state index < -0.39 is 0 Å². The van der Waals surface area contributed by atoms with Crippen LogP contribution in [-0.2, 0) is 16.6 Å². The molecular formula is C22H23N3O. The minimum absolute atomic E-state index is 0.0580. The zero-order valence-electron chi connectivity index (χ0n) is 15.2. The Morgan fingerprint density at radius 1 is 1.19 bits per heavy atom. The number of hydrogen-bond donors (Lipinski definition) is 1. The van der Waals surface area contributed by atoms with Gasteiger partial charge in [0, 0.05) is 35.9 Å². The molecule has 0 spiro atoms. The van der Waals surface area contributed by atoms with Crippen molar-refractivity contribution in [2.24, 2.45) is 0 Å². The molecule has 2 aliphatic rings. The summed E-state index contributed by atoms with van der Waals surface area (Å²) in [7, 11) is 1.97. The number of nitrogens with one attached hydrogen (secondary N) is 1. The summed E-state index contributed by atoms with van der Waals surface area (Å²) in [6, 6.07) is 15.4. The molecule has 3 aromatic rings. The molecule has 1 aliphatic heterocycles. The minimum Gasteiger partial charge on any atom is -0.342 e. The predicted molar refractivity (Wildman–Crippen MR) is 103 cm³/mol. The van der Waals surface area contributed by atoms with Crippen LogP contribution in [-0.4, -0.2) is 34.1 Å². The number of para-hydroxylation sites is 1. The molecule has 4 nitrogen and oxygen atoms in total. The Morgan fingerprint density at radius 3 is 2.92 bits per heavy atom. The summed E-state index contributed by atoms with van der Waals surface area (Å²) in [6.45, 7) is 2.34. The molecular weight excluding hydrogens is 322 g/mol. The number of H-pyrrole nitrogens is 1. The second-order valence-corrected chi connectivity index (χ2v) is 7.97. The Balaban J connectivity index is 1.60. The zero-order chi connectivity index (χ0) is 17.9. The van der Waals surface area contributed by atoms with Crippen molar-refractivity contribution in [3.63, 3.8) is 0 Å². The molecule has 1 amide bonds. The summed E-state index contributed by atoms with van der Waals surface area (Å²) in [6.07, 6.45) is 3.65. The van der Waals surface area contributed by atoms with Crippen molar-refractivity contribution in [3.8, 4) is 11.3 Å². The number of carbonyl (C=O) groups is 1. The first-order valence-corrected chi connectivity index (χ1v) is 9.40. The summed E-state index contributed by atoms with van der Waals surface area (Å²) in [5.41, 5.74) is 6.14. The van der Waals surface area contributed by atoms with Crippen molar-refractivity contribution in [1.82, 2.24) is 15.1 Å². The molecule has 26 heavy (non-hydrogen) atoms. The van der Waals surface area contributed by atoms with E-state index in [0.29, 0.717) is 12.5 Å². The van der Waals surface area contributed by atoms with Crippen LogP contribution in [0, 0.1) is 0 Å². The molecule has 4 heteroatoms. The number of aryl methyl sites for hydroxylation is 1.